The smallest absolute Gasteiger partial charge is 0.325 e. The Morgan fingerprint density at radius 2 is 1.81 bits per heavy atom. The summed E-state index contributed by atoms with van der Waals surface area (Å²) >= 11 is 0. The summed E-state index contributed by atoms with van der Waals surface area (Å²) in [6.45, 7) is 1.15. The van der Waals surface area contributed by atoms with E-state index < -0.39 is 5.97 Å². The van der Waals surface area contributed by atoms with Gasteiger partial charge in [-0.2, -0.15) is 5.10 Å². The standard InChI is InChI=1S/C28H29N5O3/c34-27(35)19-33-26-12-6-10-24(23(26)18-30-33)31-28(36)29-17-22-14-13-21-9-4-5-11-25(21)32(22)16-15-20-7-2-1-3-8-20/h1-12,18,22H,13-17,19H2,(H,34,35)(H2,29,31,36). The number of nitrogens with one attached hydrogen (secondary N) is 2. The number of rotatable bonds is 8. The topological polar surface area (TPSA) is 99.5 Å². The average molecular weight is 484 g/mol. The average Bonchev–Trinajstić information content (AvgIpc) is 3.30. The van der Waals surface area contributed by atoms with Crippen LogP contribution in [0.5, 0.6) is 0 Å². The lowest BCUT2D eigenvalue weighted by Gasteiger charge is -2.39. The Hall–Kier alpha value is -4.33. The zero-order valence-electron chi connectivity index (χ0n) is 19.9. The molecule has 0 aliphatic carbocycles. The molecule has 0 radical (unpaired) electrons. The summed E-state index contributed by atoms with van der Waals surface area (Å²) in [7, 11) is 0. The minimum Gasteiger partial charge on any atom is -0.480 e. The van der Waals surface area contributed by atoms with Crippen LogP contribution in [0.3, 0.4) is 0 Å². The summed E-state index contributed by atoms with van der Waals surface area (Å²) in [5.41, 5.74) is 5.13. The number of benzene rings is 3. The highest BCUT2D eigenvalue weighted by Gasteiger charge is 2.26. The van der Waals surface area contributed by atoms with Crippen LogP contribution in [0, 0.1) is 0 Å². The van der Waals surface area contributed by atoms with Gasteiger partial charge in [0.05, 0.1) is 17.4 Å². The maximum absolute atomic E-state index is 12.9. The molecule has 0 spiro atoms. The van der Waals surface area contributed by atoms with Gasteiger partial charge in [-0.3, -0.25) is 9.48 Å². The number of nitrogens with zero attached hydrogens (tertiary/aromatic N) is 3. The molecule has 0 fully saturated rings. The summed E-state index contributed by atoms with van der Waals surface area (Å²) in [6.07, 6.45) is 4.45. The molecule has 1 aliphatic rings. The van der Waals surface area contributed by atoms with Crippen LogP contribution in [0.2, 0.25) is 0 Å². The van der Waals surface area contributed by atoms with E-state index in [0.29, 0.717) is 23.1 Å². The number of carbonyl (C=O) groups is 2. The van der Waals surface area contributed by atoms with Crippen LogP contribution in [0.15, 0.2) is 79.0 Å². The number of hydrogen-bond acceptors (Lipinski definition) is 4. The van der Waals surface area contributed by atoms with Crippen molar-refractivity contribution in [1.29, 1.82) is 0 Å². The zero-order valence-corrected chi connectivity index (χ0v) is 19.9. The molecule has 5 rings (SSSR count). The highest BCUT2D eigenvalue weighted by Crippen LogP contribution is 2.30. The molecule has 8 heteroatoms. The molecule has 0 bridgehead atoms. The molecule has 1 atom stereocenters. The summed E-state index contributed by atoms with van der Waals surface area (Å²) in [6, 6.07) is 24.2. The van der Waals surface area contributed by atoms with Crippen molar-refractivity contribution < 1.29 is 14.7 Å². The van der Waals surface area contributed by atoms with Crippen molar-refractivity contribution in [3.63, 3.8) is 0 Å². The van der Waals surface area contributed by atoms with Gasteiger partial charge < -0.3 is 20.6 Å². The first-order chi connectivity index (χ1) is 17.6. The lowest BCUT2D eigenvalue weighted by Crippen LogP contribution is -2.48. The third kappa shape index (κ3) is 5.17. The number of aliphatic carboxylic acids is 1. The van der Waals surface area contributed by atoms with E-state index in [1.807, 2.05) is 6.07 Å². The number of carboxylic acids is 1. The molecule has 8 nitrogen and oxygen atoms in total. The predicted octanol–water partition coefficient (Wildman–Crippen LogP) is 4.31. The van der Waals surface area contributed by atoms with Crippen LogP contribution in [0.25, 0.3) is 10.9 Å². The minimum atomic E-state index is -0.970. The first-order valence-electron chi connectivity index (χ1n) is 12.2. The van der Waals surface area contributed by atoms with Crippen molar-refractivity contribution >= 4 is 34.3 Å². The van der Waals surface area contributed by atoms with Crippen molar-refractivity contribution in [3.8, 4) is 0 Å². The van der Waals surface area contributed by atoms with Crippen LogP contribution in [-0.4, -0.2) is 46.0 Å². The second-order valence-electron chi connectivity index (χ2n) is 9.02. The number of aryl methyl sites for hydroxylation is 1. The molecular weight excluding hydrogens is 454 g/mol. The normalized spacial score (nSPS) is 14.9. The first-order valence-corrected chi connectivity index (χ1v) is 12.2. The molecule has 36 heavy (non-hydrogen) atoms. The minimum absolute atomic E-state index is 0.184. The number of carbonyl (C=O) groups excluding carboxylic acids is 1. The Morgan fingerprint density at radius 1 is 1.00 bits per heavy atom. The zero-order chi connectivity index (χ0) is 24.9. The fraction of sp³-hybridized carbons (Fsp3) is 0.250. The second-order valence-corrected chi connectivity index (χ2v) is 9.02. The number of aromatic nitrogens is 2. The molecule has 1 aliphatic heterocycles. The van der Waals surface area contributed by atoms with Gasteiger partial charge in [0.2, 0.25) is 0 Å². The highest BCUT2D eigenvalue weighted by molar-refractivity contribution is 6.00. The summed E-state index contributed by atoms with van der Waals surface area (Å²) < 4.78 is 1.41. The lowest BCUT2D eigenvalue weighted by atomic mass is 9.95. The van der Waals surface area contributed by atoms with Gasteiger partial charge in [0, 0.05) is 30.2 Å². The quantitative estimate of drug-likeness (QED) is 0.347. The van der Waals surface area contributed by atoms with E-state index in [4.69, 9.17) is 5.11 Å². The van der Waals surface area contributed by atoms with Crippen molar-refractivity contribution in [2.75, 3.05) is 23.3 Å². The largest absolute Gasteiger partial charge is 0.480 e. The number of hydrogen-bond donors (Lipinski definition) is 3. The fourth-order valence-electron chi connectivity index (χ4n) is 4.93. The molecule has 4 aromatic rings. The third-order valence-electron chi connectivity index (χ3n) is 6.69. The van der Waals surface area contributed by atoms with Gasteiger partial charge in [-0.05, 0) is 48.6 Å². The Morgan fingerprint density at radius 3 is 2.64 bits per heavy atom. The maximum Gasteiger partial charge on any atom is 0.325 e. The molecule has 3 N–H and O–H groups in total. The second kappa shape index (κ2) is 10.5. The maximum atomic E-state index is 12.9. The molecular formula is C28H29N5O3. The van der Waals surface area contributed by atoms with Crippen LogP contribution in [0.4, 0.5) is 16.2 Å². The Bertz CT molecular complexity index is 1370. The van der Waals surface area contributed by atoms with Crippen molar-refractivity contribution in [2.45, 2.75) is 31.8 Å². The first kappa shape index (κ1) is 23.4. The molecule has 2 amide bonds. The number of anilines is 2. The van der Waals surface area contributed by atoms with Crippen LogP contribution < -0.4 is 15.5 Å². The summed E-state index contributed by atoms with van der Waals surface area (Å²) in [5.74, 6) is -0.970. The van der Waals surface area contributed by atoms with E-state index in [9.17, 15) is 9.59 Å². The van der Waals surface area contributed by atoms with Gasteiger partial charge in [-0.15, -0.1) is 0 Å². The van der Waals surface area contributed by atoms with E-state index in [1.54, 1.807) is 24.4 Å². The highest BCUT2D eigenvalue weighted by atomic mass is 16.4. The van der Waals surface area contributed by atoms with E-state index in [1.165, 1.54) is 21.5 Å². The monoisotopic (exact) mass is 483 g/mol. The summed E-state index contributed by atoms with van der Waals surface area (Å²) in [4.78, 5) is 26.4. The Kier molecular flexibility index (Phi) is 6.84. The van der Waals surface area contributed by atoms with Gasteiger partial charge >= 0.3 is 12.0 Å². The Balaban J connectivity index is 1.26. The molecule has 2 heterocycles. The summed E-state index contributed by atoms with van der Waals surface area (Å²) in [5, 5.41) is 19.9. The van der Waals surface area contributed by atoms with Gasteiger partial charge in [-0.1, -0.05) is 54.6 Å². The number of fused-ring (bicyclic) bond motifs is 2. The number of urea groups is 1. The molecule has 3 aromatic carbocycles. The Labute approximate surface area is 209 Å². The van der Waals surface area contributed by atoms with Crippen LogP contribution >= 0.6 is 0 Å². The van der Waals surface area contributed by atoms with Crippen molar-refractivity contribution in [3.05, 3.63) is 90.1 Å². The number of carboxylic acid groups (broad SMARTS) is 1. The molecule has 1 aromatic heterocycles. The molecule has 0 saturated carbocycles. The SMILES string of the molecule is O=C(O)Cn1ncc2c(NC(=O)NCC3CCc4ccccc4N3CCc3ccccc3)cccc21. The van der Waals surface area contributed by atoms with Crippen molar-refractivity contribution in [2.24, 2.45) is 0 Å². The number of para-hydroxylation sites is 1. The van der Waals surface area contributed by atoms with Crippen LogP contribution in [-0.2, 0) is 24.2 Å². The third-order valence-corrected chi connectivity index (χ3v) is 6.69. The molecule has 0 saturated heterocycles. The van der Waals surface area contributed by atoms with E-state index >= 15 is 0 Å². The van der Waals surface area contributed by atoms with E-state index in [-0.39, 0.29) is 18.6 Å². The van der Waals surface area contributed by atoms with E-state index in [2.05, 4.69) is 69.2 Å². The predicted molar refractivity (Wildman–Crippen MR) is 140 cm³/mol. The lowest BCUT2D eigenvalue weighted by molar-refractivity contribution is -0.137. The fourth-order valence-corrected chi connectivity index (χ4v) is 4.93. The molecule has 184 valence electrons. The van der Waals surface area contributed by atoms with Gasteiger partial charge in [0.15, 0.2) is 0 Å². The van der Waals surface area contributed by atoms with Crippen molar-refractivity contribution in [1.82, 2.24) is 15.1 Å². The van der Waals surface area contributed by atoms with Gasteiger partial charge in [0.1, 0.15) is 6.54 Å². The molecule has 1 unspecified atom stereocenters. The van der Waals surface area contributed by atoms with Gasteiger partial charge in [0.25, 0.3) is 0 Å². The van der Waals surface area contributed by atoms with Crippen LogP contribution in [0.1, 0.15) is 17.5 Å². The number of amides is 2. The van der Waals surface area contributed by atoms with E-state index in [0.717, 1.165) is 25.8 Å². The van der Waals surface area contributed by atoms with Gasteiger partial charge in [-0.25, -0.2) is 4.79 Å².